The minimum Gasteiger partial charge on any atom is -0.488 e. The number of ether oxygens (including phenoxy) is 1. The Bertz CT molecular complexity index is 405. The van der Waals surface area contributed by atoms with Crippen molar-refractivity contribution in [3.05, 3.63) is 29.1 Å². The molecule has 0 spiro atoms. The van der Waals surface area contributed by atoms with Crippen LogP contribution in [-0.4, -0.2) is 17.7 Å². The fourth-order valence-corrected chi connectivity index (χ4v) is 1.44. The lowest BCUT2D eigenvalue weighted by Gasteiger charge is -2.03. The van der Waals surface area contributed by atoms with E-state index in [1.54, 1.807) is 0 Å². The molecule has 74 valence electrons. The highest BCUT2D eigenvalue weighted by Gasteiger charge is 2.27. The van der Waals surface area contributed by atoms with Crippen LogP contribution in [0.1, 0.15) is 22.0 Å². The van der Waals surface area contributed by atoms with Crippen molar-refractivity contribution in [2.45, 2.75) is 6.04 Å². The summed E-state index contributed by atoms with van der Waals surface area (Å²) < 4.78 is 18.4. The van der Waals surface area contributed by atoms with E-state index in [1.807, 2.05) is 0 Å². The molecule has 0 amide bonds. The summed E-state index contributed by atoms with van der Waals surface area (Å²) in [6.45, 7) is 0.190. The highest BCUT2D eigenvalue weighted by Crippen LogP contribution is 2.34. The van der Waals surface area contributed by atoms with Crippen LogP contribution in [0.25, 0.3) is 0 Å². The second-order valence-electron chi connectivity index (χ2n) is 3.07. The number of halogens is 1. The lowest BCUT2D eigenvalue weighted by molar-refractivity contribution is 0.0691. The van der Waals surface area contributed by atoms with Gasteiger partial charge in [0, 0.05) is 5.56 Å². The molecule has 0 saturated heterocycles. The Morgan fingerprint density at radius 3 is 3.00 bits per heavy atom. The molecule has 1 aromatic carbocycles. The van der Waals surface area contributed by atoms with Crippen molar-refractivity contribution >= 4 is 5.97 Å². The fourth-order valence-electron chi connectivity index (χ4n) is 1.44. The number of aromatic carboxylic acids is 1. The van der Waals surface area contributed by atoms with Gasteiger partial charge >= 0.3 is 5.97 Å². The lowest BCUT2D eigenvalue weighted by Crippen LogP contribution is -2.10. The van der Waals surface area contributed by atoms with Gasteiger partial charge in [-0.05, 0) is 6.07 Å². The molecule has 1 aliphatic rings. The summed E-state index contributed by atoms with van der Waals surface area (Å²) >= 11 is 0. The third-order valence-electron chi connectivity index (χ3n) is 2.16. The Hall–Kier alpha value is -1.62. The maximum Gasteiger partial charge on any atom is 0.338 e. The van der Waals surface area contributed by atoms with Gasteiger partial charge in [-0.25, -0.2) is 9.18 Å². The monoisotopic (exact) mass is 197 g/mol. The van der Waals surface area contributed by atoms with Gasteiger partial charge in [0.1, 0.15) is 6.61 Å². The molecular weight excluding hydrogens is 189 g/mol. The Morgan fingerprint density at radius 1 is 1.64 bits per heavy atom. The molecule has 4 nitrogen and oxygen atoms in total. The van der Waals surface area contributed by atoms with Crippen LogP contribution >= 0.6 is 0 Å². The number of benzene rings is 1. The maximum absolute atomic E-state index is 13.4. The van der Waals surface area contributed by atoms with E-state index < -0.39 is 17.3 Å². The van der Waals surface area contributed by atoms with Crippen LogP contribution < -0.4 is 10.5 Å². The highest BCUT2D eigenvalue weighted by atomic mass is 19.1. The molecule has 1 atom stereocenters. The Labute approximate surface area is 79.1 Å². The molecule has 0 unspecified atom stereocenters. The zero-order valence-corrected chi connectivity index (χ0v) is 7.16. The van der Waals surface area contributed by atoms with Crippen molar-refractivity contribution in [3.8, 4) is 5.75 Å². The zero-order valence-electron chi connectivity index (χ0n) is 7.16. The number of hydrogen-bond acceptors (Lipinski definition) is 3. The van der Waals surface area contributed by atoms with Crippen molar-refractivity contribution in [2.24, 2.45) is 5.73 Å². The first-order valence-corrected chi connectivity index (χ1v) is 4.05. The average molecular weight is 197 g/mol. The summed E-state index contributed by atoms with van der Waals surface area (Å²) in [5.41, 5.74) is 5.73. The predicted molar refractivity (Wildman–Crippen MR) is 45.8 cm³/mol. The molecule has 0 aromatic heterocycles. The molecule has 3 N–H and O–H groups in total. The number of carboxylic acids is 1. The van der Waals surface area contributed by atoms with Crippen LogP contribution in [0, 0.1) is 5.82 Å². The summed E-state index contributed by atoms with van der Waals surface area (Å²) in [5, 5.41) is 8.64. The van der Waals surface area contributed by atoms with Crippen LogP contribution in [0.5, 0.6) is 5.75 Å². The Morgan fingerprint density at radius 2 is 2.36 bits per heavy atom. The quantitative estimate of drug-likeness (QED) is 0.702. The van der Waals surface area contributed by atoms with E-state index in [2.05, 4.69) is 0 Å². The fraction of sp³-hybridized carbons (Fsp3) is 0.222. The van der Waals surface area contributed by atoms with Gasteiger partial charge in [-0.1, -0.05) is 6.07 Å². The molecule has 1 aliphatic heterocycles. The first-order chi connectivity index (χ1) is 6.61. The standard InChI is InChI=1S/C9H8FNO3/c10-7-5(9(12)13)2-1-4-6(11)3-14-8(4)7/h1-2,6H,3,11H2,(H,12,13)/t6-/m0/s1. The van der Waals surface area contributed by atoms with E-state index in [0.29, 0.717) is 5.56 Å². The Balaban J connectivity index is 2.58. The molecule has 0 aliphatic carbocycles. The zero-order chi connectivity index (χ0) is 10.3. The van der Waals surface area contributed by atoms with Crippen LogP contribution in [-0.2, 0) is 0 Å². The Kier molecular flexibility index (Phi) is 1.89. The molecule has 1 heterocycles. The van der Waals surface area contributed by atoms with E-state index in [0.717, 1.165) is 0 Å². The first-order valence-electron chi connectivity index (χ1n) is 4.05. The van der Waals surface area contributed by atoms with E-state index in [9.17, 15) is 9.18 Å². The molecular formula is C9H8FNO3. The maximum atomic E-state index is 13.4. The molecule has 0 bridgehead atoms. The number of fused-ring (bicyclic) bond motifs is 1. The van der Waals surface area contributed by atoms with Gasteiger partial charge in [0.05, 0.1) is 11.6 Å². The van der Waals surface area contributed by atoms with Crippen LogP contribution in [0.2, 0.25) is 0 Å². The van der Waals surface area contributed by atoms with Crippen molar-refractivity contribution < 1.29 is 19.0 Å². The summed E-state index contributed by atoms with van der Waals surface area (Å²) in [6.07, 6.45) is 0. The first kappa shape index (κ1) is 8.96. The summed E-state index contributed by atoms with van der Waals surface area (Å²) in [6, 6.07) is 2.31. The third-order valence-corrected chi connectivity index (χ3v) is 2.16. The minimum absolute atomic E-state index is 0.0302. The number of carbonyl (C=O) groups is 1. The second-order valence-corrected chi connectivity index (χ2v) is 3.07. The lowest BCUT2D eigenvalue weighted by atomic mass is 10.1. The highest BCUT2D eigenvalue weighted by molar-refractivity contribution is 5.88. The second kappa shape index (κ2) is 2.95. The SMILES string of the molecule is N[C@H]1COc2c1ccc(C(=O)O)c2F. The van der Waals surface area contributed by atoms with Gasteiger partial charge in [-0.15, -0.1) is 0 Å². The molecule has 0 fully saturated rings. The van der Waals surface area contributed by atoms with Crippen molar-refractivity contribution in [1.82, 2.24) is 0 Å². The van der Waals surface area contributed by atoms with Gasteiger partial charge in [-0.3, -0.25) is 0 Å². The van der Waals surface area contributed by atoms with Crippen molar-refractivity contribution in [3.63, 3.8) is 0 Å². The molecule has 5 heteroatoms. The van der Waals surface area contributed by atoms with Crippen LogP contribution in [0.15, 0.2) is 12.1 Å². The van der Waals surface area contributed by atoms with E-state index in [4.69, 9.17) is 15.6 Å². The van der Waals surface area contributed by atoms with Gasteiger partial charge in [0.15, 0.2) is 11.6 Å². The normalized spacial score (nSPS) is 18.9. The molecule has 14 heavy (non-hydrogen) atoms. The van der Waals surface area contributed by atoms with E-state index in [-0.39, 0.29) is 18.4 Å². The summed E-state index contributed by atoms with van der Waals surface area (Å²) in [4.78, 5) is 10.6. The van der Waals surface area contributed by atoms with E-state index in [1.165, 1.54) is 12.1 Å². The van der Waals surface area contributed by atoms with Crippen LogP contribution in [0.3, 0.4) is 0 Å². The average Bonchev–Trinajstić information content (AvgIpc) is 2.49. The number of rotatable bonds is 1. The number of carboxylic acid groups (broad SMARTS) is 1. The number of hydrogen-bond donors (Lipinski definition) is 2. The number of nitrogens with two attached hydrogens (primary N) is 1. The van der Waals surface area contributed by atoms with E-state index >= 15 is 0 Å². The van der Waals surface area contributed by atoms with Crippen molar-refractivity contribution in [2.75, 3.05) is 6.61 Å². The molecule has 0 saturated carbocycles. The predicted octanol–water partition coefficient (Wildman–Crippen LogP) is 0.916. The molecule has 0 radical (unpaired) electrons. The largest absolute Gasteiger partial charge is 0.488 e. The van der Waals surface area contributed by atoms with Gasteiger partial charge < -0.3 is 15.6 Å². The topological polar surface area (TPSA) is 72.5 Å². The minimum atomic E-state index is -1.31. The molecule has 1 aromatic rings. The smallest absolute Gasteiger partial charge is 0.338 e. The summed E-state index contributed by atoms with van der Waals surface area (Å²) in [5.74, 6) is -2.19. The third kappa shape index (κ3) is 1.13. The van der Waals surface area contributed by atoms with Gasteiger partial charge in [-0.2, -0.15) is 0 Å². The van der Waals surface area contributed by atoms with Crippen molar-refractivity contribution in [1.29, 1.82) is 0 Å². The van der Waals surface area contributed by atoms with Gasteiger partial charge in [0.2, 0.25) is 0 Å². The molecule has 2 rings (SSSR count). The van der Waals surface area contributed by atoms with Crippen LogP contribution in [0.4, 0.5) is 4.39 Å². The van der Waals surface area contributed by atoms with Gasteiger partial charge in [0.25, 0.3) is 0 Å². The summed E-state index contributed by atoms with van der Waals surface area (Å²) in [7, 11) is 0.